The van der Waals surface area contributed by atoms with Gasteiger partial charge in [0.2, 0.25) is 0 Å². The summed E-state index contributed by atoms with van der Waals surface area (Å²) in [6.45, 7) is 7.03. The minimum atomic E-state index is 0.367. The molecule has 0 N–H and O–H groups in total. The molecule has 122 valence electrons. The summed E-state index contributed by atoms with van der Waals surface area (Å²) >= 11 is 3.29. The van der Waals surface area contributed by atoms with Crippen LogP contribution in [0.4, 0.5) is 0 Å². The van der Waals surface area contributed by atoms with E-state index in [1.165, 1.54) is 46.3 Å². The van der Waals surface area contributed by atoms with Gasteiger partial charge in [0.1, 0.15) is 0 Å². The van der Waals surface area contributed by atoms with Crippen molar-refractivity contribution in [1.82, 2.24) is 14.8 Å². The molecule has 2 heterocycles. The van der Waals surface area contributed by atoms with Gasteiger partial charge in [0, 0.05) is 11.9 Å². The van der Waals surface area contributed by atoms with Crippen LogP contribution in [0.25, 0.3) is 10.7 Å². The van der Waals surface area contributed by atoms with E-state index in [0.29, 0.717) is 11.2 Å². The van der Waals surface area contributed by atoms with Crippen LogP contribution in [-0.2, 0) is 19.9 Å². The lowest BCUT2D eigenvalue weighted by molar-refractivity contribution is 0.217. The zero-order valence-corrected chi connectivity index (χ0v) is 15.7. The molecule has 0 saturated carbocycles. The number of hydrogen-bond donors (Lipinski definition) is 0. The molecule has 4 nitrogen and oxygen atoms in total. The predicted octanol–water partition coefficient (Wildman–Crippen LogP) is 4.31. The van der Waals surface area contributed by atoms with Crippen molar-refractivity contribution < 1.29 is 0 Å². The summed E-state index contributed by atoms with van der Waals surface area (Å²) in [7, 11) is 1.98. The van der Waals surface area contributed by atoms with Gasteiger partial charge < -0.3 is 4.57 Å². The fraction of sp³-hybridized carbons (Fsp3) is 0.588. The Bertz CT molecular complexity index is 746. The number of aryl methyl sites for hydroxylation is 1. The number of rotatable bonds is 3. The number of fused-ring (bicyclic) bond motifs is 1. The van der Waals surface area contributed by atoms with Crippen molar-refractivity contribution in [1.29, 1.82) is 5.26 Å². The highest BCUT2D eigenvalue weighted by Gasteiger charge is 2.30. The van der Waals surface area contributed by atoms with Crippen LogP contribution in [0.2, 0.25) is 0 Å². The van der Waals surface area contributed by atoms with Gasteiger partial charge in [-0.3, -0.25) is 0 Å². The minimum absolute atomic E-state index is 0.367. The van der Waals surface area contributed by atoms with E-state index in [1.807, 2.05) is 23.0 Å². The molecule has 23 heavy (non-hydrogen) atoms. The second-order valence-corrected chi connectivity index (χ2v) is 9.26. The summed E-state index contributed by atoms with van der Waals surface area (Å²) in [4.78, 5) is 2.71. The molecule has 6 heteroatoms. The fourth-order valence-corrected chi connectivity index (χ4v) is 4.93. The van der Waals surface area contributed by atoms with Crippen molar-refractivity contribution in [3.63, 3.8) is 0 Å². The van der Waals surface area contributed by atoms with Crippen LogP contribution in [-0.4, -0.2) is 20.5 Å². The molecule has 1 unspecified atom stereocenters. The van der Waals surface area contributed by atoms with Crippen molar-refractivity contribution in [3.8, 4) is 16.8 Å². The smallest absolute Gasteiger partial charge is 0.192 e. The molecule has 0 saturated heterocycles. The highest BCUT2D eigenvalue weighted by molar-refractivity contribution is 7.99. The van der Waals surface area contributed by atoms with E-state index in [0.717, 1.165) is 16.9 Å². The standard InChI is InChI=1S/C17H22N4S2/c1-17(2,3)12-5-6-13-11(9-12)10-14(23-13)15-19-20-16(21(15)4)22-8-7-18/h10,12H,5-6,8-9H2,1-4H3. The van der Waals surface area contributed by atoms with Gasteiger partial charge >= 0.3 is 0 Å². The zero-order chi connectivity index (χ0) is 16.6. The number of thioether (sulfide) groups is 1. The Balaban J connectivity index is 1.86. The van der Waals surface area contributed by atoms with Crippen LogP contribution in [0, 0.1) is 22.7 Å². The van der Waals surface area contributed by atoms with E-state index in [1.54, 1.807) is 0 Å². The van der Waals surface area contributed by atoms with Crippen LogP contribution in [0.15, 0.2) is 11.2 Å². The lowest BCUT2D eigenvalue weighted by Crippen LogP contribution is -2.26. The topological polar surface area (TPSA) is 54.5 Å². The average molecular weight is 347 g/mol. The predicted molar refractivity (Wildman–Crippen MR) is 95.6 cm³/mol. The molecule has 2 aromatic rings. The Labute approximate surface area is 145 Å². The SMILES string of the molecule is Cn1c(SCC#N)nnc1-c1cc2c(s1)CCC(C(C)(C)C)C2. The van der Waals surface area contributed by atoms with E-state index < -0.39 is 0 Å². The molecule has 0 spiro atoms. The monoisotopic (exact) mass is 346 g/mol. The first-order valence-electron chi connectivity index (χ1n) is 7.91. The third-order valence-electron chi connectivity index (χ3n) is 4.63. The van der Waals surface area contributed by atoms with E-state index in [9.17, 15) is 0 Å². The van der Waals surface area contributed by atoms with Crippen LogP contribution < -0.4 is 0 Å². The Morgan fingerprint density at radius 1 is 1.43 bits per heavy atom. The van der Waals surface area contributed by atoms with E-state index in [-0.39, 0.29) is 0 Å². The fourth-order valence-electron chi connectivity index (χ4n) is 3.13. The van der Waals surface area contributed by atoms with Crippen molar-refractivity contribution in [3.05, 3.63) is 16.5 Å². The lowest BCUT2D eigenvalue weighted by atomic mass is 9.72. The van der Waals surface area contributed by atoms with Crippen molar-refractivity contribution in [2.24, 2.45) is 18.4 Å². The maximum Gasteiger partial charge on any atom is 0.192 e. The Morgan fingerprint density at radius 3 is 2.91 bits per heavy atom. The Kier molecular flexibility index (Phi) is 4.52. The number of aromatic nitrogens is 3. The van der Waals surface area contributed by atoms with Gasteiger partial charge in [-0.15, -0.1) is 21.5 Å². The zero-order valence-electron chi connectivity index (χ0n) is 14.1. The summed E-state index contributed by atoms with van der Waals surface area (Å²) in [5.41, 5.74) is 1.86. The third-order valence-corrected chi connectivity index (χ3v) is 6.75. The van der Waals surface area contributed by atoms with Gasteiger partial charge in [0.15, 0.2) is 11.0 Å². The lowest BCUT2D eigenvalue weighted by Gasteiger charge is -2.33. The van der Waals surface area contributed by atoms with Gasteiger partial charge in [0.05, 0.1) is 16.7 Å². The second-order valence-electron chi connectivity index (χ2n) is 7.18. The van der Waals surface area contributed by atoms with Gasteiger partial charge in [-0.05, 0) is 42.2 Å². The molecular weight excluding hydrogens is 324 g/mol. The quantitative estimate of drug-likeness (QED) is 0.777. The van der Waals surface area contributed by atoms with Gasteiger partial charge in [-0.2, -0.15) is 5.26 Å². The number of hydrogen-bond acceptors (Lipinski definition) is 5. The van der Waals surface area contributed by atoms with Gasteiger partial charge in [-0.1, -0.05) is 32.5 Å². The van der Waals surface area contributed by atoms with Crippen LogP contribution in [0.5, 0.6) is 0 Å². The molecule has 1 atom stereocenters. The van der Waals surface area contributed by atoms with E-state index >= 15 is 0 Å². The molecule has 0 radical (unpaired) electrons. The third kappa shape index (κ3) is 3.31. The molecule has 0 fully saturated rings. The molecule has 1 aliphatic carbocycles. The van der Waals surface area contributed by atoms with Crippen LogP contribution >= 0.6 is 23.1 Å². The number of thiophene rings is 1. The Morgan fingerprint density at radius 2 is 2.22 bits per heavy atom. The normalized spacial score (nSPS) is 17.8. The molecular formula is C17H22N4S2. The summed E-state index contributed by atoms with van der Waals surface area (Å²) in [6, 6.07) is 4.44. The largest absolute Gasteiger partial charge is 0.304 e. The van der Waals surface area contributed by atoms with Crippen LogP contribution in [0.3, 0.4) is 0 Å². The van der Waals surface area contributed by atoms with Gasteiger partial charge in [-0.25, -0.2) is 0 Å². The first kappa shape index (κ1) is 16.5. The van der Waals surface area contributed by atoms with Crippen molar-refractivity contribution >= 4 is 23.1 Å². The van der Waals surface area contributed by atoms with Crippen LogP contribution in [0.1, 0.15) is 37.6 Å². The maximum absolute atomic E-state index is 8.72. The number of nitrogens with zero attached hydrogens (tertiary/aromatic N) is 4. The summed E-state index contributed by atoms with van der Waals surface area (Å²) < 4.78 is 2.00. The maximum atomic E-state index is 8.72. The minimum Gasteiger partial charge on any atom is -0.304 e. The highest BCUT2D eigenvalue weighted by Crippen LogP contribution is 2.42. The molecule has 0 aromatic carbocycles. The van der Waals surface area contributed by atoms with Crippen molar-refractivity contribution in [2.75, 3.05) is 5.75 Å². The molecule has 2 aromatic heterocycles. The van der Waals surface area contributed by atoms with E-state index in [4.69, 9.17) is 5.26 Å². The Hall–Kier alpha value is -1.32. The molecule has 0 amide bonds. The first-order chi connectivity index (χ1) is 10.9. The summed E-state index contributed by atoms with van der Waals surface area (Å²) in [6.07, 6.45) is 3.62. The molecule has 0 aliphatic heterocycles. The summed E-state index contributed by atoms with van der Waals surface area (Å²) in [5.74, 6) is 2.07. The van der Waals surface area contributed by atoms with Gasteiger partial charge in [0.25, 0.3) is 0 Å². The molecule has 0 bridgehead atoms. The average Bonchev–Trinajstić information content (AvgIpc) is 3.06. The number of nitriles is 1. The van der Waals surface area contributed by atoms with Crippen molar-refractivity contribution in [2.45, 2.75) is 45.2 Å². The second kappa shape index (κ2) is 6.29. The first-order valence-corrected chi connectivity index (χ1v) is 9.71. The van der Waals surface area contributed by atoms with E-state index in [2.05, 4.69) is 43.1 Å². The highest BCUT2D eigenvalue weighted by atomic mass is 32.2. The summed E-state index contributed by atoms with van der Waals surface area (Å²) in [5, 5.41) is 18.1. The molecule has 1 aliphatic rings. The molecule has 3 rings (SSSR count).